The molecule has 5 nitrogen and oxygen atoms in total. The van der Waals surface area contributed by atoms with E-state index in [9.17, 15) is 13.6 Å². The van der Waals surface area contributed by atoms with Gasteiger partial charge in [0.15, 0.2) is 11.6 Å². The zero-order chi connectivity index (χ0) is 20.8. The van der Waals surface area contributed by atoms with Crippen LogP contribution in [0.4, 0.5) is 14.5 Å². The van der Waals surface area contributed by atoms with Gasteiger partial charge in [0.05, 0.1) is 13.0 Å². The molecule has 0 atom stereocenters. The lowest BCUT2D eigenvalue weighted by atomic mass is 9.95. The molecule has 1 aliphatic heterocycles. The number of hydrogen-bond donors (Lipinski definition) is 2. The van der Waals surface area contributed by atoms with E-state index in [1.807, 2.05) is 0 Å². The number of hydrogen-bond acceptors (Lipinski definition) is 4. The van der Waals surface area contributed by atoms with Gasteiger partial charge in [-0.1, -0.05) is 13.8 Å². The highest BCUT2D eigenvalue weighted by Crippen LogP contribution is 2.34. The maximum absolute atomic E-state index is 14.3. The summed E-state index contributed by atoms with van der Waals surface area (Å²) >= 11 is 0. The van der Waals surface area contributed by atoms with Gasteiger partial charge in [-0.2, -0.15) is 0 Å². The van der Waals surface area contributed by atoms with Gasteiger partial charge in [0.1, 0.15) is 5.83 Å². The van der Waals surface area contributed by atoms with Gasteiger partial charge in [-0.25, -0.2) is 8.78 Å². The van der Waals surface area contributed by atoms with Crippen molar-refractivity contribution < 1.29 is 18.3 Å². The summed E-state index contributed by atoms with van der Waals surface area (Å²) in [6.07, 6.45) is 4.14. The van der Waals surface area contributed by atoms with Crippen LogP contribution < -0.4 is 15.4 Å². The molecule has 0 saturated carbocycles. The van der Waals surface area contributed by atoms with E-state index in [2.05, 4.69) is 29.4 Å². The Hall–Kier alpha value is -2.67. The van der Waals surface area contributed by atoms with Crippen LogP contribution in [0.3, 0.4) is 0 Å². The fourth-order valence-corrected chi connectivity index (χ4v) is 3.46. The van der Waals surface area contributed by atoms with Crippen LogP contribution in [0.5, 0.6) is 5.75 Å². The summed E-state index contributed by atoms with van der Waals surface area (Å²) < 4.78 is 33.7. The van der Waals surface area contributed by atoms with E-state index in [1.165, 1.54) is 12.1 Å². The Kier molecular flexibility index (Phi) is 7.04. The van der Waals surface area contributed by atoms with Crippen molar-refractivity contribution in [3.8, 4) is 5.75 Å². The number of amides is 1. The molecule has 1 heterocycles. The summed E-state index contributed by atoms with van der Waals surface area (Å²) in [5.41, 5.74) is 2.49. The first-order chi connectivity index (χ1) is 14.0. The molecule has 0 fully saturated rings. The van der Waals surface area contributed by atoms with Crippen molar-refractivity contribution in [1.29, 1.82) is 0 Å². The summed E-state index contributed by atoms with van der Waals surface area (Å²) in [6.45, 7) is 7.57. The Labute approximate surface area is 170 Å². The lowest BCUT2D eigenvalue weighted by molar-refractivity contribution is -0.118. The first kappa shape index (κ1) is 21.0. The number of benzene rings is 1. The zero-order valence-electron chi connectivity index (χ0n) is 16.9. The average molecular weight is 403 g/mol. The van der Waals surface area contributed by atoms with Crippen molar-refractivity contribution in [3.63, 3.8) is 0 Å². The highest BCUT2D eigenvalue weighted by Gasteiger charge is 2.26. The minimum atomic E-state index is -0.455. The number of carbonyl (C=O) groups is 1. The van der Waals surface area contributed by atoms with Crippen LogP contribution >= 0.6 is 0 Å². The fraction of sp³-hybridized carbons (Fsp3) is 0.409. The molecular weight excluding hydrogens is 376 g/mol. The zero-order valence-corrected chi connectivity index (χ0v) is 16.9. The fourth-order valence-electron chi connectivity index (χ4n) is 3.46. The minimum Gasteiger partial charge on any atom is -0.490 e. The van der Waals surface area contributed by atoms with E-state index < -0.39 is 5.82 Å². The van der Waals surface area contributed by atoms with E-state index in [-0.39, 0.29) is 30.3 Å². The highest BCUT2D eigenvalue weighted by molar-refractivity contribution is 5.87. The molecule has 2 N–H and O–H groups in total. The van der Waals surface area contributed by atoms with Crippen LogP contribution in [0.15, 0.2) is 53.1 Å². The molecule has 1 aromatic rings. The van der Waals surface area contributed by atoms with Crippen molar-refractivity contribution >= 4 is 11.6 Å². The minimum absolute atomic E-state index is 0.108. The van der Waals surface area contributed by atoms with Gasteiger partial charge in [0, 0.05) is 36.6 Å². The van der Waals surface area contributed by atoms with Crippen LogP contribution in [0.1, 0.15) is 33.1 Å². The molecule has 1 aromatic carbocycles. The first-order valence-corrected chi connectivity index (χ1v) is 9.99. The second-order valence-electron chi connectivity index (χ2n) is 7.07. The first-order valence-electron chi connectivity index (χ1n) is 9.99. The van der Waals surface area contributed by atoms with Gasteiger partial charge in [-0.3, -0.25) is 4.79 Å². The topological polar surface area (TPSA) is 53.6 Å². The second-order valence-corrected chi connectivity index (χ2v) is 7.07. The molecule has 3 rings (SSSR count). The number of nitrogens with zero attached hydrogens (tertiary/aromatic N) is 1. The van der Waals surface area contributed by atoms with Crippen LogP contribution in [0.2, 0.25) is 0 Å². The maximum Gasteiger partial charge on any atom is 0.228 e. The number of allylic oxidation sites excluding steroid dienone is 3. The number of ether oxygens (including phenoxy) is 1. The second kappa shape index (κ2) is 9.69. The van der Waals surface area contributed by atoms with E-state index in [0.717, 1.165) is 31.6 Å². The number of rotatable bonds is 9. The molecule has 0 aromatic heterocycles. The summed E-state index contributed by atoms with van der Waals surface area (Å²) in [4.78, 5) is 13.9. The summed E-state index contributed by atoms with van der Waals surface area (Å²) in [6, 6.07) is 4.64. The van der Waals surface area contributed by atoms with Gasteiger partial charge in [0.2, 0.25) is 5.91 Å². The molecule has 29 heavy (non-hydrogen) atoms. The predicted octanol–water partition coefficient (Wildman–Crippen LogP) is 4.26. The molecular formula is C22H27F2N3O2. The van der Waals surface area contributed by atoms with E-state index >= 15 is 0 Å². The largest absolute Gasteiger partial charge is 0.490 e. The number of nitrogens with one attached hydrogen (secondary N) is 2. The van der Waals surface area contributed by atoms with Gasteiger partial charge in [-0.05, 0) is 48.9 Å². The molecule has 1 aliphatic carbocycles. The molecule has 1 amide bonds. The normalized spacial score (nSPS) is 17.5. The van der Waals surface area contributed by atoms with Gasteiger partial charge >= 0.3 is 0 Å². The Morgan fingerprint density at radius 3 is 2.76 bits per heavy atom. The molecule has 156 valence electrons. The van der Waals surface area contributed by atoms with E-state index in [1.54, 1.807) is 18.3 Å². The molecule has 0 bridgehead atoms. The Balaban J connectivity index is 1.57. The highest BCUT2D eigenvalue weighted by atomic mass is 19.1. The molecule has 0 radical (unpaired) electrons. The van der Waals surface area contributed by atoms with Crippen LogP contribution in [0, 0.1) is 5.82 Å². The third-order valence-corrected chi connectivity index (χ3v) is 5.10. The van der Waals surface area contributed by atoms with Crippen molar-refractivity contribution in [2.75, 3.05) is 31.6 Å². The molecule has 2 aliphatic rings. The quantitative estimate of drug-likeness (QED) is 0.605. The molecule has 0 saturated heterocycles. The predicted molar refractivity (Wildman–Crippen MR) is 110 cm³/mol. The molecule has 0 spiro atoms. The Bertz CT molecular complexity index is 858. The van der Waals surface area contributed by atoms with Crippen molar-refractivity contribution in [2.45, 2.75) is 33.1 Å². The van der Waals surface area contributed by atoms with Gasteiger partial charge in [-0.15, -0.1) is 0 Å². The third-order valence-electron chi connectivity index (χ3n) is 5.10. The van der Waals surface area contributed by atoms with E-state index in [0.29, 0.717) is 23.6 Å². The smallest absolute Gasteiger partial charge is 0.228 e. The van der Waals surface area contributed by atoms with Crippen LogP contribution in [-0.2, 0) is 4.79 Å². The van der Waals surface area contributed by atoms with E-state index in [4.69, 9.17) is 4.74 Å². The number of carbonyl (C=O) groups excluding carboxylic acids is 1. The van der Waals surface area contributed by atoms with Gasteiger partial charge in [0.25, 0.3) is 0 Å². The average Bonchev–Trinajstić information content (AvgIpc) is 3.07. The monoisotopic (exact) mass is 403 g/mol. The van der Waals surface area contributed by atoms with Crippen molar-refractivity contribution in [3.05, 3.63) is 59.0 Å². The van der Waals surface area contributed by atoms with Crippen LogP contribution in [-0.4, -0.2) is 37.0 Å². The molecule has 7 heteroatoms. The Morgan fingerprint density at radius 2 is 2.03 bits per heavy atom. The molecule has 0 unspecified atom stereocenters. The lowest BCUT2D eigenvalue weighted by Crippen LogP contribution is -2.25. The number of anilines is 1. The summed E-state index contributed by atoms with van der Waals surface area (Å²) in [5, 5.41) is 5.64. The SMILES string of the molecule is CCN(CC)CCCOc1ccc(NC=C2CC(F)=CC3=C2CC(=O)N3)cc1F. The van der Waals surface area contributed by atoms with Crippen molar-refractivity contribution in [2.24, 2.45) is 0 Å². The third kappa shape index (κ3) is 5.44. The standard InChI is InChI=1S/C22H27F2N3O2/c1-3-27(4-2)8-5-9-29-21-7-6-17(12-19(21)24)25-14-15-10-16(23)11-20-18(15)13-22(28)26-20/h6-7,11-12,14,25H,3-5,8-10,13H2,1-2H3,(H,26,28). The van der Waals surface area contributed by atoms with Crippen LogP contribution in [0.25, 0.3) is 0 Å². The Morgan fingerprint density at radius 1 is 1.24 bits per heavy atom. The maximum atomic E-state index is 14.3. The van der Waals surface area contributed by atoms with Crippen molar-refractivity contribution in [1.82, 2.24) is 10.2 Å². The lowest BCUT2D eigenvalue weighted by Gasteiger charge is -2.18. The van der Waals surface area contributed by atoms with Gasteiger partial charge < -0.3 is 20.3 Å². The summed E-state index contributed by atoms with van der Waals surface area (Å²) in [7, 11) is 0. The summed E-state index contributed by atoms with van der Waals surface area (Å²) in [5.74, 6) is -0.715. The number of halogens is 2.